The molecule has 4 saturated carbocycles. The van der Waals surface area contributed by atoms with Crippen LogP contribution in [0.5, 0.6) is 0 Å². The van der Waals surface area contributed by atoms with Crippen molar-refractivity contribution in [3.8, 4) is 0 Å². The van der Waals surface area contributed by atoms with Crippen LogP contribution in [0.15, 0.2) is 22.8 Å². The van der Waals surface area contributed by atoms with E-state index in [4.69, 9.17) is 0 Å². The molecule has 0 spiro atoms. The molecule has 0 aromatic carbocycles. The zero-order valence-corrected chi connectivity index (χ0v) is 22.1. The van der Waals surface area contributed by atoms with Crippen molar-refractivity contribution < 1.29 is 10.2 Å². The van der Waals surface area contributed by atoms with Gasteiger partial charge in [-0.05, 0) is 119 Å². The lowest BCUT2D eigenvalue weighted by Crippen LogP contribution is -2.64. The monoisotopic (exact) mass is 442 g/mol. The molecule has 0 radical (unpaired) electrons. The summed E-state index contributed by atoms with van der Waals surface area (Å²) in [4.78, 5) is 0. The van der Waals surface area contributed by atoms with E-state index < -0.39 is 0 Å². The van der Waals surface area contributed by atoms with Gasteiger partial charge in [0.05, 0.1) is 12.7 Å². The largest absolute Gasteiger partial charge is 0.396 e. The average Bonchev–Trinajstić information content (AvgIpc) is 3.09. The molecule has 4 fully saturated rings. The SMILES string of the molecule is CC(C)=CCC/C(C)=C1/CC[C@@]2(C)[C@H]1CC[C@H]1[C@@]3(C)CC[C@H](O)[C@](C)(CO)[C@@H]3CC[C@@]12C. The van der Waals surface area contributed by atoms with Gasteiger partial charge in [-0.3, -0.25) is 0 Å². The molecule has 8 atom stereocenters. The summed E-state index contributed by atoms with van der Waals surface area (Å²) in [5, 5.41) is 21.2. The first-order valence-corrected chi connectivity index (χ1v) is 13.5. The van der Waals surface area contributed by atoms with Crippen LogP contribution in [0.2, 0.25) is 0 Å². The molecule has 4 aliphatic rings. The number of aliphatic hydroxyl groups is 2. The van der Waals surface area contributed by atoms with E-state index in [1.54, 1.807) is 11.1 Å². The second kappa shape index (κ2) is 8.26. The lowest BCUT2D eigenvalue weighted by Gasteiger charge is -2.69. The molecule has 0 heterocycles. The Morgan fingerprint density at radius 3 is 2.28 bits per heavy atom. The minimum absolute atomic E-state index is 0.121. The van der Waals surface area contributed by atoms with Crippen LogP contribution in [0.1, 0.15) is 113 Å². The highest BCUT2D eigenvalue weighted by Gasteiger charge is 2.68. The Morgan fingerprint density at radius 2 is 1.62 bits per heavy atom. The first-order valence-electron chi connectivity index (χ1n) is 13.5. The predicted molar refractivity (Wildman–Crippen MR) is 134 cm³/mol. The second-order valence-electron chi connectivity index (χ2n) is 13.5. The normalized spacial score (nSPS) is 49.7. The van der Waals surface area contributed by atoms with Crippen LogP contribution in [0.25, 0.3) is 0 Å². The van der Waals surface area contributed by atoms with Gasteiger partial charge < -0.3 is 10.2 Å². The summed E-state index contributed by atoms with van der Waals surface area (Å²) in [6.07, 6.45) is 14.2. The number of rotatable bonds is 4. The Bertz CT molecular complexity index is 791. The van der Waals surface area contributed by atoms with E-state index in [2.05, 4.69) is 54.5 Å². The molecule has 0 aromatic rings. The van der Waals surface area contributed by atoms with Gasteiger partial charge in [-0.15, -0.1) is 0 Å². The van der Waals surface area contributed by atoms with Crippen LogP contribution in [0, 0.1) is 39.4 Å². The van der Waals surface area contributed by atoms with E-state index in [9.17, 15) is 10.2 Å². The first kappa shape index (κ1) is 24.5. The maximum atomic E-state index is 10.9. The lowest BCUT2D eigenvalue weighted by atomic mass is 9.35. The second-order valence-corrected chi connectivity index (χ2v) is 13.5. The molecule has 0 unspecified atom stereocenters. The van der Waals surface area contributed by atoms with Gasteiger partial charge in [-0.1, -0.05) is 50.5 Å². The Morgan fingerprint density at radius 1 is 0.906 bits per heavy atom. The summed E-state index contributed by atoms with van der Waals surface area (Å²) in [5.41, 5.74) is 5.57. The summed E-state index contributed by atoms with van der Waals surface area (Å²) >= 11 is 0. The number of hydrogen-bond donors (Lipinski definition) is 2. The van der Waals surface area contributed by atoms with Gasteiger partial charge in [0.25, 0.3) is 0 Å². The molecule has 2 nitrogen and oxygen atoms in total. The minimum Gasteiger partial charge on any atom is -0.396 e. The zero-order chi connectivity index (χ0) is 23.5. The van der Waals surface area contributed by atoms with E-state index in [-0.39, 0.29) is 23.5 Å². The molecule has 0 bridgehead atoms. The van der Waals surface area contributed by atoms with Crippen molar-refractivity contribution in [2.45, 2.75) is 119 Å². The highest BCUT2D eigenvalue weighted by molar-refractivity contribution is 5.29. The maximum absolute atomic E-state index is 10.9. The molecule has 4 aliphatic carbocycles. The van der Waals surface area contributed by atoms with Gasteiger partial charge in [-0.25, -0.2) is 0 Å². The van der Waals surface area contributed by atoms with Crippen molar-refractivity contribution >= 4 is 0 Å². The fourth-order valence-corrected chi connectivity index (χ4v) is 9.79. The van der Waals surface area contributed by atoms with Crippen LogP contribution in [-0.2, 0) is 0 Å². The summed E-state index contributed by atoms with van der Waals surface area (Å²) in [7, 11) is 0. The lowest BCUT2D eigenvalue weighted by molar-refractivity contribution is -0.227. The van der Waals surface area contributed by atoms with Crippen LogP contribution in [-0.4, -0.2) is 22.9 Å². The van der Waals surface area contributed by atoms with Gasteiger partial charge in [0.15, 0.2) is 0 Å². The van der Waals surface area contributed by atoms with Gasteiger partial charge in [0.2, 0.25) is 0 Å². The first-order chi connectivity index (χ1) is 14.9. The van der Waals surface area contributed by atoms with Crippen molar-refractivity contribution in [2.75, 3.05) is 6.61 Å². The summed E-state index contributed by atoms with van der Waals surface area (Å²) in [6.45, 7) is 17.0. The summed E-state index contributed by atoms with van der Waals surface area (Å²) in [6, 6.07) is 0. The van der Waals surface area contributed by atoms with Gasteiger partial charge in [-0.2, -0.15) is 0 Å². The number of aliphatic hydroxyl groups excluding tert-OH is 2. The van der Waals surface area contributed by atoms with Gasteiger partial charge >= 0.3 is 0 Å². The Kier molecular flexibility index (Phi) is 6.33. The van der Waals surface area contributed by atoms with Crippen molar-refractivity contribution in [2.24, 2.45) is 39.4 Å². The van der Waals surface area contributed by atoms with Crippen molar-refractivity contribution in [3.63, 3.8) is 0 Å². The van der Waals surface area contributed by atoms with E-state index in [1.807, 2.05) is 0 Å². The Balaban J connectivity index is 1.65. The van der Waals surface area contributed by atoms with Crippen LogP contribution in [0.3, 0.4) is 0 Å². The molecule has 0 saturated heterocycles. The molecule has 2 heteroatoms. The molecule has 32 heavy (non-hydrogen) atoms. The maximum Gasteiger partial charge on any atom is 0.0618 e. The summed E-state index contributed by atoms with van der Waals surface area (Å²) in [5.74, 6) is 1.90. The highest BCUT2D eigenvalue weighted by Crippen LogP contribution is 2.75. The predicted octanol–water partition coefficient (Wildman–Crippen LogP) is 7.45. The third kappa shape index (κ3) is 3.33. The minimum atomic E-state index is -0.355. The van der Waals surface area contributed by atoms with Crippen molar-refractivity contribution in [1.82, 2.24) is 0 Å². The zero-order valence-electron chi connectivity index (χ0n) is 22.1. The standard InChI is InChI=1S/C30H50O2/c1-20(2)9-8-10-21(3)22-13-17-29(6)23(22)11-12-25-27(4)16-15-26(32)28(5,19-31)24(27)14-18-30(25,29)7/h9,23-26,31-32H,8,10-19H2,1-7H3/b22-21-/t23-,24+,25-,26-,27-,28+,29-,30-/m0/s1. The van der Waals surface area contributed by atoms with Crippen LogP contribution in [0.4, 0.5) is 0 Å². The molecule has 182 valence electrons. The average molecular weight is 443 g/mol. The van der Waals surface area contributed by atoms with Gasteiger partial charge in [0.1, 0.15) is 0 Å². The molecule has 0 aromatic heterocycles. The quantitative estimate of drug-likeness (QED) is 0.444. The van der Waals surface area contributed by atoms with Crippen molar-refractivity contribution in [3.05, 3.63) is 22.8 Å². The van der Waals surface area contributed by atoms with Crippen molar-refractivity contribution in [1.29, 1.82) is 0 Å². The Hall–Kier alpha value is -0.600. The molecule has 0 amide bonds. The van der Waals surface area contributed by atoms with Crippen LogP contribution < -0.4 is 0 Å². The summed E-state index contributed by atoms with van der Waals surface area (Å²) < 4.78 is 0. The number of fused-ring (bicyclic) bond motifs is 5. The molecular formula is C30H50O2. The molecule has 2 N–H and O–H groups in total. The fourth-order valence-electron chi connectivity index (χ4n) is 9.79. The smallest absolute Gasteiger partial charge is 0.0618 e. The fraction of sp³-hybridized carbons (Fsp3) is 0.867. The van der Waals surface area contributed by atoms with E-state index in [0.29, 0.717) is 22.7 Å². The topological polar surface area (TPSA) is 40.5 Å². The number of allylic oxidation sites excluding steroid dienone is 4. The highest BCUT2D eigenvalue weighted by atomic mass is 16.3. The molecular weight excluding hydrogens is 392 g/mol. The van der Waals surface area contributed by atoms with E-state index >= 15 is 0 Å². The van der Waals surface area contributed by atoms with Crippen LogP contribution >= 0.6 is 0 Å². The molecule has 4 rings (SSSR count). The molecule has 0 aliphatic heterocycles. The third-order valence-electron chi connectivity index (χ3n) is 11.9. The van der Waals surface area contributed by atoms with Gasteiger partial charge in [0, 0.05) is 5.41 Å². The Labute approximate surface area is 198 Å². The van der Waals surface area contributed by atoms with E-state index in [0.717, 1.165) is 18.8 Å². The number of hydrogen-bond acceptors (Lipinski definition) is 2. The van der Waals surface area contributed by atoms with E-state index in [1.165, 1.54) is 56.9 Å². The third-order valence-corrected chi connectivity index (χ3v) is 11.9.